The number of allylic oxidation sites excluding steroid dienone is 3. The molecule has 1 aromatic heterocycles. The van der Waals surface area contributed by atoms with Crippen LogP contribution in [0.2, 0.25) is 0 Å². The van der Waals surface area contributed by atoms with Crippen LogP contribution < -0.4 is 0 Å². The van der Waals surface area contributed by atoms with Crippen molar-refractivity contribution >= 4 is 50.1 Å². The average Bonchev–Trinajstić information content (AvgIpc) is 3.26. The van der Waals surface area contributed by atoms with Crippen LogP contribution in [0.4, 0.5) is 4.39 Å². The highest BCUT2D eigenvalue weighted by Gasteiger charge is 2.34. The summed E-state index contributed by atoms with van der Waals surface area (Å²) in [4.78, 5) is 13.1. The maximum absolute atomic E-state index is 14.4. The van der Waals surface area contributed by atoms with Gasteiger partial charge in [0.05, 0.1) is 22.6 Å². The number of carboxylic acids is 1. The molecule has 1 atom stereocenters. The second-order valence-corrected chi connectivity index (χ2v) is 12.0. The van der Waals surface area contributed by atoms with Gasteiger partial charge in [-0.2, -0.15) is 0 Å². The number of hydrogen-bond donors (Lipinski definition) is 1. The van der Waals surface area contributed by atoms with E-state index in [9.17, 15) is 22.7 Å². The first kappa shape index (κ1) is 27.5. The van der Waals surface area contributed by atoms with E-state index in [1.807, 2.05) is 11.5 Å². The Kier molecular flexibility index (Phi) is 9.64. The number of nitrogens with zero attached hydrogens (tertiary/aromatic N) is 1. The molecule has 1 unspecified atom stereocenters. The van der Waals surface area contributed by atoms with Crippen LogP contribution in [0.1, 0.15) is 52.1 Å². The number of sulfone groups is 1. The minimum Gasteiger partial charge on any atom is -0.481 e. The quantitative estimate of drug-likeness (QED) is 0.243. The van der Waals surface area contributed by atoms with Gasteiger partial charge in [0.2, 0.25) is 0 Å². The van der Waals surface area contributed by atoms with Crippen LogP contribution in [0, 0.1) is 11.7 Å². The molecule has 0 saturated carbocycles. The molecule has 2 heterocycles. The molecule has 5 nitrogen and oxygen atoms in total. The van der Waals surface area contributed by atoms with Gasteiger partial charge in [-0.1, -0.05) is 44.7 Å². The number of fused-ring (bicyclic) bond motifs is 3. The van der Waals surface area contributed by atoms with Crippen molar-refractivity contribution in [1.29, 1.82) is 0 Å². The van der Waals surface area contributed by atoms with E-state index in [0.29, 0.717) is 35.7 Å². The Morgan fingerprint density at radius 3 is 2.58 bits per heavy atom. The molecular formula is C24H31ClFNO4S2. The largest absolute Gasteiger partial charge is 0.481 e. The van der Waals surface area contributed by atoms with Gasteiger partial charge in [-0.25, -0.2) is 12.8 Å². The third-order valence-corrected chi connectivity index (χ3v) is 8.30. The molecule has 0 spiro atoms. The maximum atomic E-state index is 14.4. The number of thioether (sulfide) groups is 1. The lowest BCUT2D eigenvalue weighted by atomic mass is 10.0. The van der Waals surface area contributed by atoms with Crippen molar-refractivity contribution in [3.05, 3.63) is 47.3 Å². The number of benzene rings is 1. The van der Waals surface area contributed by atoms with Gasteiger partial charge in [-0.3, -0.25) is 4.79 Å². The van der Waals surface area contributed by atoms with Crippen molar-refractivity contribution < 1.29 is 22.7 Å². The Balaban J connectivity index is 0.000000890. The third kappa shape index (κ3) is 6.43. The molecule has 1 aliphatic rings. The first-order valence-corrected chi connectivity index (χ1v) is 13.8. The van der Waals surface area contributed by atoms with E-state index >= 15 is 0 Å². The molecule has 0 bridgehead atoms. The van der Waals surface area contributed by atoms with Gasteiger partial charge >= 0.3 is 5.97 Å². The van der Waals surface area contributed by atoms with Gasteiger partial charge in [0, 0.05) is 34.3 Å². The van der Waals surface area contributed by atoms with E-state index in [1.165, 1.54) is 17.8 Å². The van der Waals surface area contributed by atoms with Crippen molar-refractivity contribution in [2.75, 3.05) is 11.6 Å². The molecule has 0 saturated heterocycles. The number of aliphatic carboxylic acids is 1. The summed E-state index contributed by atoms with van der Waals surface area (Å²) in [5.41, 5.74) is 1.34. The van der Waals surface area contributed by atoms with E-state index in [-0.39, 0.29) is 23.0 Å². The number of carbonyl (C=O) groups is 1. The molecule has 0 aliphatic carbocycles. The lowest BCUT2D eigenvalue weighted by Crippen LogP contribution is -2.06. The standard InChI is InChI=1S/C21H26FNO4S2.C3H5Cl/c1-5-29(26,27)17-11-15(22)10-16-19(17)21(28-13(4)8-12(2)3)20-14(9-18(24)25)6-7-23(16)20;1-2-3-4/h8,10-12,14H,5-7,9H2,1-4H3,(H,24,25);2H,1,3H2/b13-8+;. The first-order valence-electron chi connectivity index (χ1n) is 10.8. The fourth-order valence-corrected chi connectivity index (χ4v) is 6.58. The first-order chi connectivity index (χ1) is 15.5. The monoisotopic (exact) mass is 515 g/mol. The van der Waals surface area contributed by atoms with Crippen molar-refractivity contribution in [3.63, 3.8) is 0 Å². The number of carboxylic acid groups (broad SMARTS) is 1. The summed E-state index contributed by atoms with van der Waals surface area (Å²) in [6, 6.07) is 2.46. The van der Waals surface area contributed by atoms with Gasteiger partial charge in [0.15, 0.2) is 9.84 Å². The van der Waals surface area contributed by atoms with Gasteiger partial charge in [-0.05, 0) is 36.3 Å². The number of aromatic nitrogens is 1. The highest BCUT2D eigenvalue weighted by Crippen LogP contribution is 2.48. The van der Waals surface area contributed by atoms with E-state index in [1.54, 1.807) is 13.0 Å². The highest BCUT2D eigenvalue weighted by molar-refractivity contribution is 8.03. The molecular weight excluding hydrogens is 485 g/mol. The molecule has 9 heteroatoms. The number of aryl methyl sites for hydroxylation is 1. The molecule has 2 aromatic rings. The molecule has 182 valence electrons. The number of halogens is 2. The SMILES string of the molecule is C=CCCl.CCS(=O)(=O)c1cc(F)cc2c1c(S/C(C)=C/C(C)C)c1n2CCC1CC(=O)O. The second kappa shape index (κ2) is 11.6. The third-order valence-electron chi connectivity index (χ3n) is 5.25. The molecule has 0 fully saturated rings. The summed E-state index contributed by atoms with van der Waals surface area (Å²) in [5.74, 6) is -0.982. The Hall–Kier alpha value is -1.77. The van der Waals surface area contributed by atoms with Crippen molar-refractivity contribution in [1.82, 2.24) is 4.57 Å². The molecule has 3 rings (SSSR count). The Morgan fingerprint density at radius 1 is 1.42 bits per heavy atom. The minimum atomic E-state index is -3.66. The number of alkyl halides is 1. The lowest BCUT2D eigenvalue weighted by Gasteiger charge is -2.12. The number of rotatable bonds is 8. The van der Waals surface area contributed by atoms with E-state index in [4.69, 9.17) is 11.6 Å². The van der Waals surface area contributed by atoms with E-state index in [0.717, 1.165) is 21.6 Å². The van der Waals surface area contributed by atoms with Gasteiger partial charge in [-0.15, -0.1) is 18.2 Å². The van der Waals surface area contributed by atoms with Crippen molar-refractivity contribution in [3.8, 4) is 0 Å². The van der Waals surface area contributed by atoms with Gasteiger partial charge in [0.25, 0.3) is 0 Å². The molecule has 1 aromatic carbocycles. The summed E-state index contributed by atoms with van der Waals surface area (Å²) in [5, 5.41) is 9.86. The van der Waals surface area contributed by atoms with Crippen molar-refractivity contribution in [2.45, 2.75) is 62.8 Å². The molecule has 0 radical (unpaired) electrons. The summed E-state index contributed by atoms with van der Waals surface area (Å²) in [6.07, 6.45) is 4.33. The zero-order valence-electron chi connectivity index (χ0n) is 19.4. The van der Waals surface area contributed by atoms with Crippen LogP contribution in [-0.2, 0) is 21.2 Å². The van der Waals surface area contributed by atoms with Gasteiger partial charge < -0.3 is 9.67 Å². The predicted octanol–water partition coefficient (Wildman–Crippen LogP) is 6.60. The van der Waals surface area contributed by atoms with Crippen LogP contribution in [-0.4, -0.2) is 35.7 Å². The Labute approximate surface area is 204 Å². The summed E-state index contributed by atoms with van der Waals surface area (Å²) < 4.78 is 41.9. The normalized spacial score (nSPS) is 16.0. The highest BCUT2D eigenvalue weighted by atomic mass is 35.5. The molecule has 0 amide bonds. The Bertz CT molecular complexity index is 1170. The van der Waals surface area contributed by atoms with E-state index in [2.05, 4.69) is 26.5 Å². The summed E-state index contributed by atoms with van der Waals surface area (Å²) >= 11 is 6.52. The maximum Gasteiger partial charge on any atom is 0.304 e. The van der Waals surface area contributed by atoms with Crippen LogP contribution in [0.3, 0.4) is 0 Å². The van der Waals surface area contributed by atoms with Crippen LogP contribution in [0.5, 0.6) is 0 Å². The molecule has 1 aliphatic heterocycles. The average molecular weight is 516 g/mol. The predicted molar refractivity (Wildman–Crippen MR) is 135 cm³/mol. The summed E-state index contributed by atoms with van der Waals surface area (Å²) in [6.45, 7) is 11.5. The fraction of sp³-hybridized carbons (Fsp3) is 0.458. The van der Waals surface area contributed by atoms with Crippen molar-refractivity contribution in [2.24, 2.45) is 5.92 Å². The number of hydrogen-bond acceptors (Lipinski definition) is 4. The van der Waals surface area contributed by atoms with Crippen LogP contribution in [0.25, 0.3) is 10.9 Å². The van der Waals surface area contributed by atoms with Crippen LogP contribution >= 0.6 is 23.4 Å². The minimum absolute atomic E-state index is 0.00850. The smallest absolute Gasteiger partial charge is 0.304 e. The zero-order chi connectivity index (χ0) is 24.9. The van der Waals surface area contributed by atoms with Crippen LogP contribution in [0.15, 0.2) is 45.6 Å². The zero-order valence-corrected chi connectivity index (χ0v) is 21.8. The summed E-state index contributed by atoms with van der Waals surface area (Å²) in [7, 11) is -3.66. The van der Waals surface area contributed by atoms with E-state index < -0.39 is 21.6 Å². The Morgan fingerprint density at radius 2 is 2.06 bits per heavy atom. The second-order valence-electron chi connectivity index (χ2n) is 8.22. The molecule has 1 N–H and O–H groups in total. The fourth-order valence-electron chi connectivity index (χ4n) is 4.04. The molecule has 33 heavy (non-hydrogen) atoms. The topological polar surface area (TPSA) is 76.4 Å². The lowest BCUT2D eigenvalue weighted by molar-refractivity contribution is -0.137. The van der Waals surface area contributed by atoms with Gasteiger partial charge in [0.1, 0.15) is 5.82 Å².